The largest absolute Gasteiger partial charge is 0.300 e. The number of nitrogens with zero attached hydrogens (tertiary/aromatic N) is 1. The van der Waals surface area contributed by atoms with Crippen molar-refractivity contribution >= 4 is 6.08 Å². The fourth-order valence-electron chi connectivity index (χ4n) is 3.07. The first kappa shape index (κ1) is 21.0. The van der Waals surface area contributed by atoms with Crippen molar-refractivity contribution in [2.75, 3.05) is 19.6 Å². The maximum absolute atomic E-state index is 2.65. The molecular formula is C23H39N. The van der Waals surface area contributed by atoms with Crippen LogP contribution in [0.5, 0.6) is 0 Å². The van der Waals surface area contributed by atoms with E-state index in [1.165, 1.54) is 82.9 Å². The lowest BCUT2D eigenvalue weighted by Crippen LogP contribution is -2.26. The average Bonchev–Trinajstić information content (AvgIpc) is 2.61. The Morgan fingerprint density at radius 1 is 0.708 bits per heavy atom. The summed E-state index contributed by atoms with van der Waals surface area (Å²) < 4.78 is 0. The van der Waals surface area contributed by atoms with Crippen LogP contribution in [-0.2, 0) is 0 Å². The number of hydrogen-bond donors (Lipinski definition) is 0. The van der Waals surface area contributed by atoms with E-state index in [2.05, 4.69) is 61.2 Å². The third kappa shape index (κ3) is 11.5. The average molecular weight is 330 g/mol. The smallest absolute Gasteiger partial charge is 0.0166 e. The fraction of sp³-hybridized carbons (Fsp3) is 0.652. The summed E-state index contributed by atoms with van der Waals surface area (Å²) in [6.07, 6.45) is 18.4. The van der Waals surface area contributed by atoms with Crippen molar-refractivity contribution in [3.05, 3.63) is 42.0 Å². The highest BCUT2D eigenvalue weighted by atomic mass is 15.1. The van der Waals surface area contributed by atoms with Gasteiger partial charge in [0.2, 0.25) is 0 Å². The molecule has 0 saturated heterocycles. The zero-order valence-corrected chi connectivity index (χ0v) is 16.2. The van der Waals surface area contributed by atoms with E-state index in [0.29, 0.717) is 0 Å². The molecule has 0 aliphatic rings. The summed E-state index contributed by atoms with van der Waals surface area (Å²) in [6.45, 7) is 8.19. The van der Waals surface area contributed by atoms with Crippen LogP contribution in [-0.4, -0.2) is 24.5 Å². The Bertz CT molecular complexity index is 382. The van der Waals surface area contributed by atoms with Gasteiger partial charge in [0.05, 0.1) is 0 Å². The summed E-state index contributed by atoms with van der Waals surface area (Å²) in [4.78, 5) is 2.65. The summed E-state index contributed by atoms with van der Waals surface area (Å²) in [5, 5.41) is 0. The topological polar surface area (TPSA) is 3.24 Å². The zero-order chi connectivity index (χ0) is 17.3. The Morgan fingerprint density at radius 2 is 1.25 bits per heavy atom. The first-order valence-electron chi connectivity index (χ1n) is 10.3. The Hall–Kier alpha value is -1.08. The van der Waals surface area contributed by atoms with E-state index in [9.17, 15) is 0 Å². The van der Waals surface area contributed by atoms with Crippen molar-refractivity contribution in [1.29, 1.82) is 0 Å². The second-order valence-corrected chi connectivity index (χ2v) is 6.94. The van der Waals surface area contributed by atoms with E-state index < -0.39 is 0 Å². The molecule has 0 heterocycles. The molecule has 0 radical (unpaired) electrons. The molecule has 0 unspecified atom stereocenters. The van der Waals surface area contributed by atoms with E-state index in [-0.39, 0.29) is 0 Å². The molecule has 1 nitrogen and oxygen atoms in total. The predicted octanol–water partition coefficient (Wildman–Crippen LogP) is 6.94. The summed E-state index contributed by atoms with van der Waals surface area (Å²) in [7, 11) is 0. The highest BCUT2D eigenvalue weighted by Gasteiger charge is 2.03. The van der Waals surface area contributed by atoms with Crippen LogP contribution in [0.2, 0.25) is 0 Å². The molecule has 0 aliphatic carbocycles. The molecule has 1 aromatic rings. The molecule has 0 amide bonds. The van der Waals surface area contributed by atoms with Gasteiger partial charge in [0.25, 0.3) is 0 Å². The lowest BCUT2D eigenvalue weighted by atomic mass is 10.1. The molecule has 136 valence electrons. The third-order valence-corrected chi connectivity index (χ3v) is 4.63. The summed E-state index contributed by atoms with van der Waals surface area (Å²) in [5.41, 5.74) is 1.31. The highest BCUT2D eigenvalue weighted by Crippen LogP contribution is 2.08. The van der Waals surface area contributed by atoms with Crippen molar-refractivity contribution in [2.24, 2.45) is 0 Å². The minimum atomic E-state index is 1.09. The minimum absolute atomic E-state index is 1.09. The monoisotopic (exact) mass is 329 g/mol. The van der Waals surface area contributed by atoms with E-state index in [4.69, 9.17) is 0 Å². The molecule has 0 N–H and O–H groups in total. The van der Waals surface area contributed by atoms with Crippen LogP contribution in [0.3, 0.4) is 0 Å². The SMILES string of the molecule is CCCCCCCN(CC=Cc1ccccc1)CCCCCCC. The Kier molecular flexibility index (Phi) is 13.5. The van der Waals surface area contributed by atoms with Gasteiger partial charge >= 0.3 is 0 Å². The van der Waals surface area contributed by atoms with Crippen molar-refractivity contribution in [3.8, 4) is 0 Å². The maximum atomic E-state index is 2.65. The van der Waals surface area contributed by atoms with Crippen molar-refractivity contribution in [2.45, 2.75) is 78.1 Å². The number of rotatable bonds is 15. The number of unbranched alkanes of at least 4 members (excludes halogenated alkanes) is 8. The van der Waals surface area contributed by atoms with Crippen LogP contribution in [0, 0.1) is 0 Å². The molecule has 0 spiro atoms. The highest BCUT2D eigenvalue weighted by molar-refractivity contribution is 5.48. The quantitative estimate of drug-likeness (QED) is 0.315. The molecule has 0 aromatic heterocycles. The van der Waals surface area contributed by atoms with E-state index in [0.717, 1.165) is 6.54 Å². The Balaban J connectivity index is 2.30. The molecule has 0 atom stereocenters. The molecule has 0 aliphatic heterocycles. The summed E-state index contributed by atoms with van der Waals surface area (Å²) in [5.74, 6) is 0. The zero-order valence-electron chi connectivity index (χ0n) is 16.2. The van der Waals surface area contributed by atoms with Gasteiger partial charge in [0.1, 0.15) is 0 Å². The first-order valence-corrected chi connectivity index (χ1v) is 10.3. The molecule has 1 rings (SSSR count). The first-order chi connectivity index (χ1) is 11.9. The number of hydrogen-bond acceptors (Lipinski definition) is 1. The summed E-state index contributed by atoms with van der Waals surface area (Å²) >= 11 is 0. The van der Waals surface area contributed by atoms with Crippen molar-refractivity contribution in [1.82, 2.24) is 4.90 Å². The summed E-state index contributed by atoms with van der Waals surface area (Å²) in [6, 6.07) is 10.7. The molecule has 1 aromatic carbocycles. The van der Waals surface area contributed by atoms with Gasteiger partial charge < -0.3 is 0 Å². The normalized spacial score (nSPS) is 11.6. The van der Waals surface area contributed by atoms with Crippen LogP contribution in [0.4, 0.5) is 0 Å². The molecule has 0 bridgehead atoms. The lowest BCUT2D eigenvalue weighted by Gasteiger charge is -2.20. The molecular weight excluding hydrogens is 290 g/mol. The Morgan fingerprint density at radius 3 is 1.79 bits per heavy atom. The standard InChI is InChI=1S/C23H39N/c1-3-5-7-9-14-20-24(21-15-10-8-6-4-2)22-16-19-23-17-12-11-13-18-23/h11-13,16-19H,3-10,14-15,20-22H2,1-2H3. The second kappa shape index (κ2) is 15.4. The van der Waals surface area contributed by atoms with E-state index in [1.807, 2.05) is 0 Å². The van der Waals surface area contributed by atoms with E-state index >= 15 is 0 Å². The lowest BCUT2D eigenvalue weighted by molar-refractivity contribution is 0.286. The fourth-order valence-corrected chi connectivity index (χ4v) is 3.07. The van der Waals surface area contributed by atoms with Crippen molar-refractivity contribution < 1.29 is 0 Å². The van der Waals surface area contributed by atoms with Gasteiger partial charge in [0.15, 0.2) is 0 Å². The molecule has 24 heavy (non-hydrogen) atoms. The van der Waals surface area contributed by atoms with Crippen molar-refractivity contribution in [3.63, 3.8) is 0 Å². The van der Waals surface area contributed by atoms with Gasteiger partial charge in [-0.25, -0.2) is 0 Å². The van der Waals surface area contributed by atoms with Crippen LogP contribution in [0.15, 0.2) is 36.4 Å². The predicted molar refractivity (Wildman–Crippen MR) is 109 cm³/mol. The molecule has 1 heteroatoms. The van der Waals surface area contributed by atoms with Gasteiger partial charge in [-0.15, -0.1) is 0 Å². The van der Waals surface area contributed by atoms with Crippen LogP contribution in [0.25, 0.3) is 6.08 Å². The Labute approximate surface area is 151 Å². The van der Waals surface area contributed by atoms with Crippen LogP contribution < -0.4 is 0 Å². The van der Waals surface area contributed by atoms with Gasteiger partial charge in [-0.3, -0.25) is 4.90 Å². The van der Waals surface area contributed by atoms with E-state index in [1.54, 1.807) is 0 Å². The number of benzene rings is 1. The van der Waals surface area contributed by atoms with Crippen LogP contribution >= 0.6 is 0 Å². The maximum Gasteiger partial charge on any atom is 0.0166 e. The molecule has 0 saturated carbocycles. The third-order valence-electron chi connectivity index (χ3n) is 4.63. The van der Waals surface area contributed by atoms with Gasteiger partial charge in [0, 0.05) is 6.54 Å². The minimum Gasteiger partial charge on any atom is -0.300 e. The van der Waals surface area contributed by atoms with Gasteiger partial charge in [-0.1, -0.05) is 108 Å². The van der Waals surface area contributed by atoms with Gasteiger partial charge in [-0.05, 0) is 31.5 Å². The van der Waals surface area contributed by atoms with Crippen LogP contribution in [0.1, 0.15) is 83.6 Å². The second-order valence-electron chi connectivity index (χ2n) is 6.94. The van der Waals surface area contributed by atoms with Gasteiger partial charge in [-0.2, -0.15) is 0 Å². The molecule has 0 fully saturated rings.